The molecule has 1 saturated heterocycles. The number of alkyl halides is 1. The summed E-state index contributed by atoms with van der Waals surface area (Å²) in [6, 6.07) is 0. The molecule has 2 aliphatic rings. The highest BCUT2D eigenvalue weighted by Crippen LogP contribution is 2.43. The highest BCUT2D eigenvalue weighted by Gasteiger charge is 2.34. The zero-order valence-corrected chi connectivity index (χ0v) is 10.3. The van der Waals surface area contributed by atoms with Gasteiger partial charge in [0.1, 0.15) is 5.01 Å². The van der Waals surface area contributed by atoms with Gasteiger partial charge in [-0.2, -0.15) is 0 Å². The summed E-state index contributed by atoms with van der Waals surface area (Å²) < 4.78 is 0. The van der Waals surface area contributed by atoms with Gasteiger partial charge in [0.15, 0.2) is 0 Å². The molecule has 0 radical (unpaired) electrons. The van der Waals surface area contributed by atoms with E-state index >= 15 is 0 Å². The van der Waals surface area contributed by atoms with E-state index in [1.54, 1.807) is 16.2 Å². The van der Waals surface area contributed by atoms with Gasteiger partial charge in [-0.05, 0) is 18.8 Å². The maximum Gasteiger partial charge on any atom is 0.229 e. The van der Waals surface area contributed by atoms with Gasteiger partial charge in [-0.1, -0.05) is 11.3 Å². The molecule has 1 aromatic rings. The van der Waals surface area contributed by atoms with Crippen molar-refractivity contribution in [2.24, 2.45) is 5.92 Å². The van der Waals surface area contributed by atoms with Gasteiger partial charge in [0.25, 0.3) is 0 Å². The number of carbonyl (C=O) groups is 1. The molecule has 2 heterocycles. The van der Waals surface area contributed by atoms with Gasteiger partial charge in [0.05, 0.1) is 0 Å². The summed E-state index contributed by atoms with van der Waals surface area (Å²) in [6.07, 6.45) is 2.97. The molecule has 1 aromatic heterocycles. The maximum absolute atomic E-state index is 11.7. The Kier molecular flexibility index (Phi) is 2.59. The Hall–Kier alpha value is -0.680. The molecule has 0 bridgehead atoms. The lowest BCUT2D eigenvalue weighted by atomic mass is 10.2. The van der Waals surface area contributed by atoms with Crippen LogP contribution in [0.5, 0.6) is 0 Å². The van der Waals surface area contributed by atoms with Crippen LogP contribution in [0.2, 0.25) is 0 Å². The van der Waals surface area contributed by atoms with Gasteiger partial charge in [0.2, 0.25) is 11.0 Å². The molecule has 1 aliphatic carbocycles. The molecule has 86 valence electrons. The van der Waals surface area contributed by atoms with Crippen LogP contribution in [-0.2, 0) is 4.79 Å². The lowest BCUT2D eigenvalue weighted by molar-refractivity contribution is -0.117. The first-order chi connectivity index (χ1) is 7.78. The van der Waals surface area contributed by atoms with Crippen LogP contribution in [0.15, 0.2) is 0 Å². The molecule has 1 aliphatic heterocycles. The van der Waals surface area contributed by atoms with Crippen molar-refractivity contribution in [3.05, 3.63) is 5.01 Å². The van der Waals surface area contributed by atoms with Crippen LogP contribution in [-0.4, -0.2) is 28.5 Å². The standard InChI is InChI=1S/C10H12ClN3OS/c11-4-6-3-8(15)14(5-6)10-13-12-9(16-10)7-1-2-7/h6-7H,1-5H2. The van der Waals surface area contributed by atoms with Crippen molar-refractivity contribution < 1.29 is 4.79 Å². The number of nitrogens with zero attached hydrogens (tertiary/aromatic N) is 3. The van der Waals surface area contributed by atoms with Gasteiger partial charge >= 0.3 is 0 Å². The predicted octanol–water partition coefficient (Wildman–Crippen LogP) is 2.01. The van der Waals surface area contributed by atoms with Crippen molar-refractivity contribution in [1.29, 1.82) is 0 Å². The van der Waals surface area contributed by atoms with Crippen LogP contribution < -0.4 is 4.90 Å². The number of hydrogen-bond donors (Lipinski definition) is 0. The first-order valence-corrected chi connectivity index (χ1v) is 6.82. The lowest BCUT2D eigenvalue weighted by Gasteiger charge is -2.10. The van der Waals surface area contributed by atoms with Gasteiger partial charge in [-0.25, -0.2) is 0 Å². The smallest absolute Gasteiger partial charge is 0.229 e. The molecule has 1 unspecified atom stereocenters. The van der Waals surface area contributed by atoms with E-state index in [4.69, 9.17) is 11.6 Å². The van der Waals surface area contributed by atoms with Crippen molar-refractivity contribution in [1.82, 2.24) is 10.2 Å². The maximum atomic E-state index is 11.7. The highest BCUT2D eigenvalue weighted by atomic mass is 35.5. The Labute approximate surface area is 103 Å². The molecule has 0 aromatic carbocycles. The summed E-state index contributed by atoms with van der Waals surface area (Å²) in [7, 11) is 0. The molecule has 0 N–H and O–H groups in total. The van der Waals surface area contributed by atoms with Crippen molar-refractivity contribution in [3.8, 4) is 0 Å². The van der Waals surface area contributed by atoms with E-state index in [0.717, 1.165) is 10.1 Å². The van der Waals surface area contributed by atoms with E-state index in [1.165, 1.54) is 12.8 Å². The molecule has 1 amide bonds. The van der Waals surface area contributed by atoms with Crippen LogP contribution >= 0.6 is 22.9 Å². The number of carbonyl (C=O) groups excluding carboxylic acids is 1. The Morgan fingerprint density at radius 1 is 1.44 bits per heavy atom. The second-order valence-corrected chi connectivity index (χ2v) is 5.72. The number of aromatic nitrogens is 2. The summed E-state index contributed by atoms with van der Waals surface area (Å²) in [5, 5.41) is 10.1. The normalized spacial score (nSPS) is 25.4. The Morgan fingerprint density at radius 2 is 2.25 bits per heavy atom. The molecule has 0 spiro atoms. The van der Waals surface area contributed by atoms with E-state index in [0.29, 0.717) is 24.8 Å². The molecule has 1 saturated carbocycles. The van der Waals surface area contributed by atoms with Crippen molar-refractivity contribution in [2.45, 2.75) is 25.2 Å². The molecule has 6 heteroatoms. The monoisotopic (exact) mass is 257 g/mol. The summed E-state index contributed by atoms with van der Waals surface area (Å²) in [5.41, 5.74) is 0. The van der Waals surface area contributed by atoms with Crippen LogP contribution in [0.4, 0.5) is 5.13 Å². The van der Waals surface area contributed by atoms with Crippen molar-refractivity contribution in [2.75, 3.05) is 17.3 Å². The third-order valence-electron chi connectivity index (χ3n) is 3.01. The van der Waals surface area contributed by atoms with E-state index in [-0.39, 0.29) is 11.8 Å². The largest absolute Gasteiger partial charge is 0.286 e. The first kappa shape index (κ1) is 10.5. The SMILES string of the molecule is O=C1CC(CCl)CN1c1nnc(C2CC2)s1. The third-order valence-corrected chi connectivity index (χ3v) is 4.56. The molecule has 1 atom stereocenters. The molecule has 16 heavy (non-hydrogen) atoms. The minimum absolute atomic E-state index is 0.129. The van der Waals surface area contributed by atoms with Gasteiger partial charge in [-0.15, -0.1) is 21.8 Å². The fraction of sp³-hybridized carbons (Fsp3) is 0.700. The zero-order chi connectivity index (χ0) is 11.1. The number of hydrogen-bond acceptors (Lipinski definition) is 4. The molecule has 3 rings (SSSR count). The first-order valence-electron chi connectivity index (χ1n) is 5.47. The third kappa shape index (κ3) is 1.82. The number of anilines is 1. The van der Waals surface area contributed by atoms with Crippen LogP contribution in [0.3, 0.4) is 0 Å². The minimum atomic E-state index is 0.129. The minimum Gasteiger partial charge on any atom is -0.286 e. The van der Waals surface area contributed by atoms with E-state index in [9.17, 15) is 4.79 Å². The van der Waals surface area contributed by atoms with Crippen molar-refractivity contribution >= 4 is 34.0 Å². The molecule has 2 fully saturated rings. The van der Waals surface area contributed by atoms with Gasteiger partial charge < -0.3 is 0 Å². The highest BCUT2D eigenvalue weighted by molar-refractivity contribution is 7.15. The summed E-state index contributed by atoms with van der Waals surface area (Å²) in [5.74, 6) is 1.54. The van der Waals surface area contributed by atoms with E-state index in [1.807, 2.05) is 0 Å². The quantitative estimate of drug-likeness (QED) is 0.778. The molecular formula is C10H12ClN3OS. The fourth-order valence-electron chi connectivity index (χ4n) is 1.90. The number of amides is 1. The summed E-state index contributed by atoms with van der Waals surface area (Å²) >= 11 is 7.34. The number of halogens is 1. The van der Waals surface area contributed by atoms with Gasteiger partial charge in [0, 0.05) is 24.8 Å². The van der Waals surface area contributed by atoms with Crippen LogP contribution in [0.1, 0.15) is 30.2 Å². The second-order valence-electron chi connectivity index (χ2n) is 4.43. The van der Waals surface area contributed by atoms with Crippen LogP contribution in [0, 0.1) is 5.92 Å². The molecule has 4 nitrogen and oxygen atoms in total. The lowest BCUT2D eigenvalue weighted by Crippen LogP contribution is -2.24. The average Bonchev–Trinajstić information content (AvgIpc) is 2.89. The van der Waals surface area contributed by atoms with E-state index in [2.05, 4.69) is 10.2 Å². The summed E-state index contributed by atoms with van der Waals surface area (Å²) in [6.45, 7) is 0.696. The summed E-state index contributed by atoms with van der Waals surface area (Å²) in [4.78, 5) is 13.5. The Morgan fingerprint density at radius 3 is 2.88 bits per heavy atom. The van der Waals surface area contributed by atoms with Crippen LogP contribution in [0.25, 0.3) is 0 Å². The zero-order valence-electron chi connectivity index (χ0n) is 8.73. The second kappa shape index (κ2) is 3.96. The average molecular weight is 258 g/mol. The number of rotatable bonds is 3. The van der Waals surface area contributed by atoms with Gasteiger partial charge in [-0.3, -0.25) is 9.69 Å². The van der Waals surface area contributed by atoms with E-state index < -0.39 is 0 Å². The Balaban J connectivity index is 1.78. The Bertz CT molecular complexity index is 418. The van der Waals surface area contributed by atoms with Crippen molar-refractivity contribution in [3.63, 3.8) is 0 Å². The molecular weight excluding hydrogens is 246 g/mol. The predicted molar refractivity (Wildman–Crippen MR) is 63.1 cm³/mol. The topological polar surface area (TPSA) is 46.1 Å². The fourth-order valence-corrected chi connectivity index (χ4v) is 3.15.